The molecule has 0 amide bonds. The van der Waals surface area contributed by atoms with Crippen LogP contribution >= 0.6 is 0 Å². The third-order valence-corrected chi connectivity index (χ3v) is 4.23. The second-order valence-corrected chi connectivity index (χ2v) is 6.05. The molecule has 13 heteroatoms. The number of hydrogen-bond donors (Lipinski definition) is 0. The van der Waals surface area contributed by atoms with Crippen LogP contribution in [-0.4, -0.2) is 19.7 Å². The van der Waals surface area contributed by atoms with Crippen LogP contribution in [0.1, 0.15) is 0 Å². The average Bonchev–Trinajstić information content (AvgIpc) is 2.74. The molecule has 0 spiro atoms. The first-order valence-corrected chi connectivity index (χ1v) is 8.41. The summed E-state index contributed by atoms with van der Waals surface area (Å²) in [4.78, 5) is 43.3. The Hall–Kier alpha value is -4.94. The minimum absolute atomic E-state index is 0.196. The number of para-hydroxylation sites is 1. The summed E-state index contributed by atoms with van der Waals surface area (Å²) in [7, 11) is 0. The summed E-state index contributed by atoms with van der Waals surface area (Å²) in [5.41, 5.74) is -2.56. The van der Waals surface area contributed by atoms with Gasteiger partial charge >= 0.3 is 0 Å². The number of non-ortho nitro benzene ring substituents is 2. The summed E-state index contributed by atoms with van der Waals surface area (Å²) in [6, 6.07) is 13.5. The molecule has 0 aromatic heterocycles. The average molecular weight is 425 g/mol. The Morgan fingerprint density at radius 2 is 0.968 bits per heavy atom. The highest BCUT2D eigenvalue weighted by Gasteiger charge is 2.31. The van der Waals surface area contributed by atoms with E-state index in [1.54, 1.807) is 18.2 Å². The van der Waals surface area contributed by atoms with Crippen LogP contribution in [0.25, 0.3) is 0 Å². The van der Waals surface area contributed by atoms with Crippen molar-refractivity contribution < 1.29 is 19.7 Å². The maximum atomic E-state index is 11.7. The quantitative estimate of drug-likeness (QED) is 0.380. The van der Waals surface area contributed by atoms with Gasteiger partial charge in [-0.25, -0.2) is 0 Å². The van der Waals surface area contributed by atoms with Crippen LogP contribution in [0.3, 0.4) is 0 Å². The van der Waals surface area contributed by atoms with E-state index in [4.69, 9.17) is 0 Å². The summed E-state index contributed by atoms with van der Waals surface area (Å²) in [6.07, 6.45) is 0. The fourth-order valence-corrected chi connectivity index (χ4v) is 2.91. The Balaban J connectivity index is 2.35. The Bertz CT molecular complexity index is 1140. The third kappa shape index (κ3) is 4.09. The normalized spacial score (nSPS) is 10.3. The van der Waals surface area contributed by atoms with Crippen LogP contribution in [-0.2, 0) is 0 Å². The van der Waals surface area contributed by atoms with Crippen molar-refractivity contribution in [3.63, 3.8) is 0 Å². The van der Waals surface area contributed by atoms with Gasteiger partial charge in [0.1, 0.15) is 11.4 Å². The molecule has 0 saturated carbocycles. The van der Waals surface area contributed by atoms with Gasteiger partial charge in [0.15, 0.2) is 0 Å². The van der Waals surface area contributed by atoms with E-state index in [0.717, 1.165) is 41.3 Å². The highest BCUT2D eigenvalue weighted by molar-refractivity contribution is 5.87. The largest absolute Gasteiger partial charge is 0.300 e. The molecular weight excluding hydrogens is 414 g/mol. The van der Waals surface area contributed by atoms with Gasteiger partial charge in [0.25, 0.3) is 22.7 Å². The van der Waals surface area contributed by atoms with E-state index >= 15 is 0 Å². The SMILES string of the molecule is O=[N+]([O-])c1ccc(N(c2ccccc2)c2ccc([N+](=O)[O-])cc2[N+](=O)[O-])c([N+](=O)[O-])c1. The Morgan fingerprint density at radius 3 is 1.32 bits per heavy atom. The van der Waals surface area contributed by atoms with Crippen LogP contribution in [0.4, 0.5) is 39.8 Å². The fourth-order valence-electron chi connectivity index (χ4n) is 2.91. The lowest BCUT2D eigenvalue weighted by Gasteiger charge is -2.24. The van der Waals surface area contributed by atoms with E-state index in [2.05, 4.69) is 0 Å². The molecule has 0 aliphatic heterocycles. The maximum absolute atomic E-state index is 11.7. The number of nitro benzene ring substituents is 4. The number of rotatable bonds is 7. The van der Waals surface area contributed by atoms with Crippen molar-refractivity contribution >= 4 is 39.8 Å². The Labute approximate surface area is 172 Å². The summed E-state index contributed by atoms with van der Waals surface area (Å²) in [6.45, 7) is 0. The van der Waals surface area contributed by atoms with Crippen molar-refractivity contribution in [1.29, 1.82) is 0 Å². The van der Waals surface area contributed by atoms with Gasteiger partial charge in [-0.1, -0.05) is 18.2 Å². The van der Waals surface area contributed by atoms with Crippen molar-refractivity contribution in [2.24, 2.45) is 0 Å². The molecule has 0 bridgehead atoms. The molecule has 156 valence electrons. The van der Waals surface area contributed by atoms with Crippen molar-refractivity contribution in [1.82, 2.24) is 0 Å². The van der Waals surface area contributed by atoms with E-state index in [1.807, 2.05) is 0 Å². The molecule has 0 fully saturated rings. The molecule has 0 atom stereocenters. The molecule has 0 radical (unpaired) electrons. The molecule has 0 aliphatic rings. The minimum Gasteiger partial charge on any atom is -0.298 e. The molecule has 0 saturated heterocycles. The standard InChI is InChI=1S/C18H11N5O8/c24-20(25)13-6-8-15(17(10-13)22(28)29)19(12-4-2-1-3-5-12)16-9-7-14(21(26)27)11-18(16)23(30)31/h1-11H. The third-order valence-electron chi connectivity index (χ3n) is 4.23. The lowest BCUT2D eigenvalue weighted by molar-refractivity contribution is -0.393. The van der Waals surface area contributed by atoms with Gasteiger partial charge in [-0.15, -0.1) is 0 Å². The molecule has 3 aromatic rings. The van der Waals surface area contributed by atoms with E-state index in [-0.39, 0.29) is 17.1 Å². The predicted octanol–water partition coefficient (Wildman–Crippen LogP) is 4.79. The van der Waals surface area contributed by atoms with Crippen LogP contribution in [0.5, 0.6) is 0 Å². The molecule has 0 unspecified atom stereocenters. The fraction of sp³-hybridized carbons (Fsp3) is 0. The Morgan fingerprint density at radius 1 is 0.548 bits per heavy atom. The second-order valence-electron chi connectivity index (χ2n) is 6.05. The number of anilines is 3. The molecule has 13 nitrogen and oxygen atoms in total. The van der Waals surface area contributed by atoms with E-state index in [0.29, 0.717) is 0 Å². The first kappa shape index (κ1) is 20.8. The highest BCUT2D eigenvalue weighted by atomic mass is 16.6. The zero-order valence-corrected chi connectivity index (χ0v) is 15.4. The summed E-state index contributed by atoms with van der Waals surface area (Å²) < 4.78 is 0. The number of nitrogens with zero attached hydrogens (tertiary/aromatic N) is 5. The van der Waals surface area contributed by atoms with Crippen LogP contribution in [0.2, 0.25) is 0 Å². The molecule has 0 N–H and O–H groups in total. The Kier molecular flexibility index (Phi) is 5.50. The van der Waals surface area contributed by atoms with Crippen molar-refractivity contribution in [2.45, 2.75) is 0 Å². The smallest absolute Gasteiger partial charge is 0.298 e. The predicted molar refractivity (Wildman–Crippen MR) is 108 cm³/mol. The van der Waals surface area contributed by atoms with E-state index in [9.17, 15) is 40.5 Å². The monoisotopic (exact) mass is 425 g/mol. The van der Waals surface area contributed by atoms with E-state index < -0.39 is 42.4 Å². The van der Waals surface area contributed by atoms with Gasteiger partial charge in [0.05, 0.1) is 31.8 Å². The zero-order chi connectivity index (χ0) is 22.7. The molecule has 0 aliphatic carbocycles. The summed E-state index contributed by atoms with van der Waals surface area (Å²) in [5, 5.41) is 45.4. The summed E-state index contributed by atoms with van der Waals surface area (Å²) in [5.74, 6) is 0. The van der Waals surface area contributed by atoms with Gasteiger partial charge in [0, 0.05) is 17.8 Å². The van der Waals surface area contributed by atoms with Crippen molar-refractivity contribution in [3.05, 3.63) is 107 Å². The van der Waals surface area contributed by atoms with Gasteiger partial charge in [0.2, 0.25) is 0 Å². The second kappa shape index (κ2) is 8.20. The van der Waals surface area contributed by atoms with Crippen LogP contribution in [0.15, 0.2) is 66.7 Å². The maximum Gasteiger partial charge on any atom is 0.300 e. The van der Waals surface area contributed by atoms with Crippen LogP contribution in [0, 0.1) is 40.5 Å². The zero-order valence-electron chi connectivity index (χ0n) is 15.4. The summed E-state index contributed by atoms with van der Waals surface area (Å²) >= 11 is 0. The van der Waals surface area contributed by atoms with Gasteiger partial charge < -0.3 is 0 Å². The molecule has 3 rings (SSSR count). The first-order chi connectivity index (χ1) is 14.7. The lowest BCUT2D eigenvalue weighted by atomic mass is 10.1. The van der Waals surface area contributed by atoms with Gasteiger partial charge in [-0.3, -0.25) is 45.4 Å². The highest BCUT2D eigenvalue weighted by Crippen LogP contribution is 2.45. The molecule has 0 heterocycles. The number of hydrogen-bond acceptors (Lipinski definition) is 9. The number of benzene rings is 3. The number of nitro groups is 4. The molecule has 3 aromatic carbocycles. The molecular formula is C18H11N5O8. The minimum atomic E-state index is -0.852. The van der Waals surface area contributed by atoms with Gasteiger partial charge in [-0.05, 0) is 24.3 Å². The van der Waals surface area contributed by atoms with Crippen LogP contribution < -0.4 is 4.90 Å². The topological polar surface area (TPSA) is 176 Å². The lowest BCUT2D eigenvalue weighted by Crippen LogP contribution is -2.14. The van der Waals surface area contributed by atoms with Gasteiger partial charge in [-0.2, -0.15) is 0 Å². The van der Waals surface area contributed by atoms with E-state index in [1.165, 1.54) is 12.1 Å². The van der Waals surface area contributed by atoms with Crippen molar-refractivity contribution in [3.8, 4) is 0 Å². The first-order valence-electron chi connectivity index (χ1n) is 8.41. The molecule has 31 heavy (non-hydrogen) atoms. The van der Waals surface area contributed by atoms with Crippen molar-refractivity contribution in [2.75, 3.05) is 4.90 Å².